The Morgan fingerprint density at radius 2 is 2.14 bits per heavy atom. The number of benzene rings is 1. The number of aliphatic hydroxyl groups is 1. The molecule has 0 spiro atoms. The van der Waals surface area contributed by atoms with Crippen molar-refractivity contribution in [2.45, 2.75) is 37.2 Å². The summed E-state index contributed by atoms with van der Waals surface area (Å²) in [5, 5.41) is 9.14. The molecule has 1 aliphatic rings. The molecule has 0 saturated carbocycles. The minimum absolute atomic E-state index is 0.0376. The van der Waals surface area contributed by atoms with E-state index < -0.39 is 16.1 Å². The van der Waals surface area contributed by atoms with Gasteiger partial charge in [-0.05, 0) is 43.5 Å². The van der Waals surface area contributed by atoms with Crippen molar-refractivity contribution >= 4 is 21.6 Å². The number of likely N-dealkylation sites (N-methyl/N-ethyl adjacent to an activating group) is 1. The van der Waals surface area contributed by atoms with Gasteiger partial charge in [0.25, 0.3) is 0 Å². The van der Waals surface area contributed by atoms with Gasteiger partial charge in [0.05, 0.1) is 17.4 Å². The zero-order valence-electron chi connectivity index (χ0n) is 12.2. The predicted octanol–water partition coefficient (Wildman–Crippen LogP) is 0.645. The lowest BCUT2D eigenvalue weighted by molar-refractivity contribution is -0.117. The van der Waals surface area contributed by atoms with E-state index in [-0.39, 0.29) is 23.8 Å². The number of nitrogens with zero attached hydrogens (tertiary/aromatic N) is 1. The van der Waals surface area contributed by atoms with Crippen LogP contribution >= 0.6 is 0 Å². The fraction of sp³-hybridized carbons (Fsp3) is 0.500. The molecule has 7 heteroatoms. The van der Waals surface area contributed by atoms with Gasteiger partial charge < -0.3 is 10.0 Å². The summed E-state index contributed by atoms with van der Waals surface area (Å²) >= 11 is 0. The van der Waals surface area contributed by atoms with Crippen LogP contribution in [0.2, 0.25) is 0 Å². The number of nitrogens with one attached hydrogen (secondary N) is 1. The number of sulfonamides is 1. The molecular weight excluding hydrogens is 292 g/mol. The third-order valence-corrected chi connectivity index (χ3v) is 4.99. The van der Waals surface area contributed by atoms with Crippen LogP contribution in [0.3, 0.4) is 0 Å². The SMILES string of the molecule is CC(O)CCCNS(=O)(=O)c1ccc2c(c1)CC(=O)N2C. The number of hydrogen-bond acceptors (Lipinski definition) is 4. The number of carbonyl (C=O) groups excluding carboxylic acids is 1. The van der Waals surface area contributed by atoms with Gasteiger partial charge in [0.15, 0.2) is 0 Å². The maximum Gasteiger partial charge on any atom is 0.240 e. The highest BCUT2D eigenvalue weighted by atomic mass is 32.2. The standard InChI is InChI=1S/C14H20N2O4S/c1-10(17)4-3-7-15-21(19,20)12-5-6-13-11(8-12)9-14(18)16(13)2/h5-6,8,10,15,17H,3-4,7,9H2,1-2H3. The van der Waals surface area contributed by atoms with Crippen molar-refractivity contribution in [3.63, 3.8) is 0 Å². The van der Waals surface area contributed by atoms with Crippen LogP contribution in [0.4, 0.5) is 5.69 Å². The van der Waals surface area contributed by atoms with Crippen molar-refractivity contribution in [2.24, 2.45) is 0 Å². The summed E-state index contributed by atoms with van der Waals surface area (Å²) in [5.74, 6) is -0.0376. The minimum atomic E-state index is -3.58. The molecule has 116 valence electrons. The number of rotatable bonds is 6. The minimum Gasteiger partial charge on any atom is -0.393 e. The van der Waals surface area contributed by atoms with E-state index in [9.17, 15) is 13.2 Å². The van der Waals surface area contributed by atoms with E-state index in [4.69, 9.17) is 5.11 Å². The van der Waals surface area contributed by atoms with Crippen LogP contribution < -0.4 is 9.62 Å². The van der Waals surface area contributed by atoms with Crippen molar-refractivity contribution in [2.75, 3.05) is 18.5 Å². The van der Waals surface area contributed by atoms with Crippen LogP contribution in [0.5, 0.6) is 0 Å². The number of aliphatic hydroxyl groups excluding tert-OH is 1. The second kappa shape index (κ2) is 6.13. The molecule has 1 atom stereocenters. The Hall–Kier alpha value is -1.44. The molecule has 0 aliphatic carbocycles. The number of amides is 1. The lowest BCUT2D eigenvalue weighted by Gasteiger charge is -2.11. The van der Waals surface area contributed by atoms with Crippen molar-refractivity contribution in [1.29, 1.82) is 0 Å². The Morgan fingerprint density at radius 3 is 2.81 bits per heavy atom. The second-order valence-corrected chi connectivity index (χ2v) is 7.08. The average Bonchev–Trinajstić information content (AvgIpc) is 2.70. The first-order valence-electron chi connectivity index (χ1n) is 6.88. The summed E-state index contributed by atoms with van der Waals surface area (Å²) in [4.78, 5) is 13.3. The van der Waals surface area contributed by atoms with Crippen LogP contribution in [0.1, 0.15) is 25.3 Å². The maximum atomic E-state index is 12.2. The van der Waals surface area contributed by atoms with Crippen LogP contribution in [0.15, 0.2) is 23.1 Å². The second-order valence-electron chi connectivity index (χ2n) is 5.31. The van der Waals surface area contributed by atoms with Crippen LogP contribution in [-0.4, -0.2) is 39.1 Å². The van der Waals surface area contributed by atoms with E-state index in [1.54, 1.807) is 26.1 Å². The van der Waals surface area contributed by atoms with Crippen molar-refractivity contribution in [1.82, 2.24) is 4.72 Å². The monoisotopic (exact) mass is 312 g/mol. The third-order valence-electron chi connectivity index (χ3n) is 3.53. The fourth-order valence-corrected chi connectivity index (χ4v) is 3.43. The van der Waals surface area contributed by atoms with Crippen molar-refractivity contribution in [3.8, 4) is 0 Å². The Bertz CT molecular complexity index is 640. The molecular formula is C14H20N2O4S. The molecule has 2 N–H and O–H groups in total. The Balaban J connectivity index is 2.08. The lowest BCUT2D eigenvalue weighted by atomic mass is 10.2. The van der Waals surface area contributed by atoms with Gasteiger partial charge in [0.2, 0.25) is 15.9 Å². The first-order chi connectivity index (χ1) is 9.81. The molecule has 1 aliphatic heterocycles. The van der Waals surface area contributed by atoms with Gasteiger partial charge in [0, 0.05) is 19.3 Å². The topological polar surface area (TPSA) is 86.7 Å². The van der Waals surface area contributed by atoms with Crippen molar-refractivity contribution in [3.05, 3.63) is 23.8 Å². The molecule has 0 radical (unpaired) electrons. The quantitative estimate of drug-likeness (QED) is 0.755. The molecule has 1 aromatic carbocycles. The van der Waals surface area contributed by atoms with Gasteiger partial charge >= 0.3 is 0 Å². The van der Waals surface area contributed by atoms with Gasteiger partial charge in [0.1, 0.15) is 0 Å². The summed E-state index contributed by atoms with van der Waals surface area (Å²) in [6.45, 7) is 1.95. The summed E-state index contributed by atoms with van der Waals surface area (Å²) < 4.78 is 26.8. The molecule has 1 amide bonds. The van der Waals surface area contributed by atoms with Crippen molar-refractivity contribution < 1.29 is 18.3 Å². The van der Waals surface area contributed by atoms with E-state index in [1.807, 2.05) is 0 Å². The van der Waals surface area contributed by atoms with E-state index in [1.165, 1.54) is 11.0 Å². The molecule has 0 fully saturated rings. The molecule has 0 aromatic heterocycles. The molecule has 6 nitrogen and oxygen atoms in total. The molecule has 0 saturated heterocycles. The highest BCUT2D eigenvalue weighted by Gasteiger charge is 2.26. The lowest BCUT2D eigenvalue weighted by Crippen LogP contribution is -2.25. The number of fused-ring (bicyclic) bond motifs is 1. The molecule has 1 aromatic rings. The maximum absolute atomic E-state index is 12.2. The number of hydrogen-bond donors (Lipinski definition) is 2. The Kier molecular flexibility index (Phi) is 4.65. The van der Waals surface area contributed by atoms with Gasteiger partial charge in [-0.25, -0.2) is 13.1 Å². The van der Waals surface area contributed by atoms with E-state index in [0.717, 1.165) is 11.3 Å². The van der Waals surface area contributed by atoms with Gasteiger partial charge in [-0.1, -0.05) is 0 Å². The number of anilines is 1. The molecule has 2 rings (SSSR count). The van der Waals surface area contributed by atoms with Gasteiger partial charge in [-0.3, -0.25) is 4.79 Å². The van der Waals surface area contributed by atoms with Crippen LogP contribution in [0.25, 0.3) is 0 Å². The van der Waals surface area contributed by atoms with E-state index in [2.05, 4.69) is 4.72 Å². The smallest absolute Gasteiger partial charge is 0.240 e. The largest absolute Gasteiger partial charge is 0.393 e. The predicted molar refractivity (Wildman–Crippen MR) is 79.7 cm³/mol. The Labute approximate surface area is 124 Å². The summed E-state index contributed by atoms with van der Waals surface area (Å²) in [7, 11) is -1.90. The summed E-state index contributed by atoms with van der Waals surface area (Å²) in [6, 6.07) is 4.71. The molecule has 0 bridgehead atoms. The summed E-state index contributed by atoms with van der Waals surface area (Å²) in [5.41, 5.74) is 1.49. The highest BCUT2D eigenvalue weighted by molar-refractivity contribution is 7.89. The molecule has 1 unspecified atom stereocenters. The first kappa shape index (κ1) is 15.9. The normalized spacial score (nSPS) is 16.1. The first-order valence-corrected chi connectivity index (χ1v) is 8.37. The molecule has 21 heavy (non-hydrogen) atoms. The third kappa shape index (κ3) is 3.61. The van der Waals surface area contributed by atoms with Crippen LogP contribution in [-0.2, 0) is 21.2 Å². The van der Waals surface area contributed by atoms with Gasteiger partial charge in [-0.2, -0.15) is 0 Å². The number of carbonyl (C=O) groups is 1. The zero-order valence-corrected chi connectivity index (χ0v) is 13.0. The van der Waals surface area contributed by atoms with E-state index in [0.29, 0.717) is 12.8 Å². The molecule has 1 heterocycles. The zero-order chi connectivity index (χ0) is 15.6. The van der Waals surface area contributed by atoms with E-state index >= 15 is 0 Å². The average molecular weight is 312 g/mol. The summed E-state index contributed by atoms with van der Waals surface area (Å²) in [6.07, 6.45) is 0.919. The van der Waals surface area contributed by atoms with Gasteiger partial charge in [-0.15, -0.1) is 0 Å². The van der Waals surface area contributed by atoms with Crippen LogP contribution in [0, 0.1) is 0 Å². The highest BCUT2D eigenvalue weighted by Crippen LogP contribution is 2.29. The fourth-order valence-electron chi connectivity index (χ4n) is 2.30. The Morgan fingerprint density at radius 1 is 1.43 bits per heavy atom.